The summed E-state index contributed by atoms with van der Waals surface area (Å²) in [5, 5.41) is 6.63. The van der Waals surface area contributed by atoms with Crippen LogP contribution in [-0.2, 0) is 0 Å². The van der Waals surface area contributed by atoms with Crippen LogP contribution in [0.4, 0.5) is 5.13 Å². The number of carbonyl (C=O) groups excluding carboxylic acids is 1. The van der Waals surface area contributed by atoms with E-state index in [1.54, 1.807) is 31.4 Å². The Morgan fingerprint density at radius 1 is 1.19 bits per heavy atom. The van der Waals surface area contributed by atoms with Crippen LogP contribution in [0.5, 0.6) is 5.75 Å². The van der Waals surface area contributed by atoms with Crippen LogP contribution in [0.3, 0.4) is 0 Å². The summed E-state index contributed by atoms with van der Waals surface area (Å²) in [5.74, 6) is 1.16. The summed E-state index contributed by atoms with van der Waals surface area (Å²) in [7, 11) is 1.62. The number of amides is 1. The maximum Gasteiger partial charge on any atom is 0.257 e. The monoisotopic (exact) mass is 384 g/mol. The van der Waals surface area contributed by atoms with Gasteiger partial charge in [0, 0.05) is 21.4 Å². The molecule has 0 atom stereocenters. The van der Waals surface area contributed by atoms with Crippen molar-refractivity contribution in [3.05, 3.63) is 64.5 Å². The molecule has 4 aromatic rings. The van der Waals surface area contributed by atoms with Crippen LogP contribution >= 0.6 is 22.9 Å². The summed E-state index contributed by atoms with van der Waals surface area (Å²) in [6.45, 7) is 0. The molecule has 5 nitrogen and oxygen atoms in total. The number of aromatic nitrogens is 1. The maximum absolute atomic E-state index is 12.3. The van der Waals surface area contributed by atoms with Crippen LogP contribution in [-0.4, -0.2) is 18.0 Å². The van der Waals surface area contributed by atoms with Crippen LogP contribution in [0.25, 0.3) is 22.4 Å². The minimum atomic E-state index is -0.239. The Kier molecular flexibility index (Phi) is 4.36. The van der Waals surface area contributed by atoms with E-state index in [0.29, 0.717) is 27.2 Å². The Hall–Kier alpha value is -2.83. The number of ether oxygens (including phenoxy) is 1. The number of fused-ring (bicyclic) bond motifs is 1. The molecule has 7 heteroatoms. The molecule has 0 saturated heterocycles. The van der Waals surface area contributed by atoms with Gasteiger partial charge in [-0.2, -0.15) is 0 Å². The summed E-state index contributed by atoms with van der Waals surface area (Å²) in [5.41, 5.74) is 1.93. The van der Waals surface area contributed by atoms with Crippen molar-refractivity contribution in [3.63, 3.8) is 0 Å². The van der Waals surface area contributed by atoms with E-state index >= 15 is 0 Å². The van der Waals surface area contributed by atoms with E-state index in [1.165, 1.54) is 11.3 Å². The second kappa shape index (κ2) is 6.82. The number of anilines is 1. The Balaban J connectivity index is 1.56. The molecule has 4 rings (SSSR count). The zero-order chi connectivity index (χ0) is 18.1. The number of hydrogen-bond donors (Lipinski definition) is 1. The largest absolute Gasteiger partial charge is 0.497 e. The van der Waals surface area contributed by atoms with Crippen molar-refractivity contribution in [1.82, 2.24) is 4.98 Å². The van der Waals surface area contributed by atoms with Crippen molar-refractivity contribution in [2.75, 3.05) is 12.4 Å². The molecule has 130 valence electrons. The van der Waals surface area contributed by atoms with Crippen LogP contribution in [0.2, 0.25) is 5.02 Å². The number of rotatable bonds is 4. The van der Waals surface area contributed by atoms with Gasteiger partial charge in [-0.3, -0.25) is 10.1 Å². The molecule has 2 aromatic heterocycles. The Labute approximate surface area is 158 Å². The molecule has 26 heavy (non-hydrogen) atoms. The molecular formula is C19H13ClN2O3S. The molecule has 0 aliphatic heterocycles. The lowest BCUT2D eigenvalue weighted by Crippen LogP contribution is -2.11. The molecule has 2 heterocycles. The zero-order valence-corrected chi connectivity index (χ0v) is 15.2. The van der Waals surface area contributed by atoms with Gasteiger partial charge in [0.05, 0.1) is 7.11 Å². The first-order chi connectivity index (χ1) is 12.6. The van der Waals surface area contributed by atoms with Gasteiger partial charge in [-0.25, -0.2) is 4.98 Å². The van der Waals surface area contributed by atoms with Crippen LogP contribution in [0, 0.1) is 0 Å². The number of nitrogens with one attached hydrogen (secondary N) is 1. The quantitative estimate of drug-likeness (QED) is 0.506. The van der Waals surface area contributed by atoms with Gasteiger partial charge in [-0.15, -0.1) is 11.3 Å². The third-order valence-corrected chi connectivity index (χ3v) is 4.82. The number of methoxy groups -OCH3 is 1. The first-order valence-corrected chi connectivity index (χ1v) is 8.98. The molecule has 0 saturated carbocycles. The maximum atomic E-state index is 12.3. The van der Waals surface area contributed by atoms with E-state index in [1.807, 2.05) is 29.6 Å². The lowest BCUT2D eigenvalue weighted by atomic mass is 10.2. The minimum absolute atomic E-state index is 0.239. The molecule has 0 spiro atoms. The third-order valence-electron chi connectivity index (χ3n) is 3.81. The first-order valence-electron chi connectivity index (χ1n) is 7.73. The SMILES string of the molecule is COc1ccc2oc(-c3csc(NC(=O)c4ccc(Cl)cc4)n3)cc2c1. The van der Waals surface area contributed by atoms with Crippen molar-refractivity contribution >= 4 is 44.9 Å². The van der Waals surface area contributed by atoms with E-state index in [-0.39, 0.29) is 5.91 Å². The summed E-state index contributed by atoms with van der Waals surface area (Å²) in [6, 6.07) is 14.2. The Morgan fingerprint density at radius 2 is 2.00 bits per heavy atom. The van der Waals surface area contributed by atoms with Crippen molar-refractivity contribution in [2.24, 2.45) is 0 Å². The number of nitrogens with zero attached hydrogens (tertiary/aromatic N) is 1. The Bertz CT molecular complexity index is 1090. The van der Waals surface area contributed by atoms with E-state index in [9.17, 15) is 4.79 Å². The molecule has 1 amide bonds. The summed E-state index contributed by atoms with van der Waals surface area (Å²) in [6.07, 6.45) is 0. The van der Waals surface area contributed by atoms with E-state index < -0.39 is 0 Å². The topological polar surface area (TPSA) is 64.4 Å². The molecule has 1 N–H and O–H groups in total. The molecule has 0 aliphatic rings. The smallest absolute Gasteiger partial charge is 0.257 e. The fourth-order valence-electron chi connectivity index (χ4n) is 2.49. The first kappa shape index (κ1) is 16.6. The standard InChI is InChI=1S/C19H13ClN2O3S/c1-24-14-6-7-16-12(8-14)9-17(25-16)15-10-26-19(21-15)22-18(23)11-2-4-13(20)5-3-11/h2-10H,1H3,(H,21,22,23). The summed E-state index contributed by atoms with van der Waals surface area (Å²) in [4.78, 5) is 16.7. The van der Waals surface area contributed by atoms with Gasteiger partial charge in [0.15, 0.2) is 10.9 Å². The van der Waals surface area contributed by atoms with Gasteiger partial charge in [-0.1, -0.05) is 11.6 Å². The lowest BCUT2D eigenvalue weighted by molar-refractivity contribution is 0.102. The van der Waals surface area contributed by atoms with Crippen molar-refractivity contribution in [2.45, 2.75) is 0 Å². The molecule has 0 fully saturated rings. The molecule has 2 aromatic carbocycles. The normalized spacial score (nSPS) is 10.8. The van der Waals surface area contributed by atoms with E-state index in [0.717, 1.165) is 16.7 Å². The van der Waals surface area contributed by atoms with Gasteiger partial charge in [-0.05, 0) is 48.5 Å². The van der Waals surface area contributed by atoms with Crippen LogP contribution in [0.1, 0.15) is 10.4 Å². The van der Waals surface area contributed by atoms with Crippen LogP contribution in [0.15, 0.2) is 58.3 Å². The van der Waals surface area contributed by atoms with Gasteiger partial charge in [0.1, 0.15) is 17.0 Å². The highest BCUT2D eigenvalue weighted by molar-refractivity contribution is 7.14. The zero-order valence-electron chi connectivity index (χ0n) is 13.7. The van der Waals surface area contributed by atoms with E-state index in [2.05, 4.69) is 10.3 Å². The summed E-state index contributed by atoms with van der Waals surface area (Å²) < 4.78 is 11.1. The Morgan fingerprint density at radius 3 is 2.77 bits per heavy atom. The van der Waals surface area contributed by atoms with Gasteiger partial charge in [0.25, 0.3) is 5.91 Å². The minimum Gasteiger partial charge on any atom is -0.497 e. The predicted molar refractivity (Wildman–Crippen MR) is 103 cm³/mol. The highest BCUT2D eigenvalue weighted by atomic mass is 35.5. The number of furan rings is 1. The van der Waals surface area contributed by atoms with Crippen LogP contribution < -0.4 is 10.1 Å². The highest BCUT2D eigenvalue weighted by Crippen LogP contribution is 2.32. The number of carbonyl (C=O) groups is 1. The average molecular weight is 385 g/mol. The second-order valence-electron chi connectivity index (χ2n) is 5.51. The number of hydrogen-bond acceptors (Lipinski definition) is 5. The molecule has 0 aliphatic carbocycles. The molecule has 0 bridgehead atoms. The molecule has 0 unspecified atom stereocenters. The highest BCUT2D eigenvalue weighted by Gasteiger charge is 2.13. The molecule has 0 radical (unpaired) electrons. The van der Waals surface area contributed by atoms with Gasteiger partial charge >= 0.3 is 0 Å². The van der Waals surface area contributed by atoms with E-state index in [4.69, 9.17) is 20.8 Å². The fourth-order valence-corrected chi connectivity index (χ4v) is 3.31. The van der Waals surface area contributed by atoms with Gasteiger partial charge < -0.3 is 9.15 Å². The predicted octanol–water partition coefficient (Wildman–Crippen LogP) is 5.47. The fraction of sp³-hybridized carbons (Fsp3) is 0.0526. The molecular weight excluding hydrogens is 372 g/mol. The number of thiazole rings is 1. The van der Waals surface area contributed by atoms with Crippen molar-refractivity contribution < 1.29 is 13.9 Å². The number of benzene rings is 2. The lowest BCUT2D eigenvalue weighted by Gasteiger charge is -2.01. The summed E-state index contributed by atoms with van der Waals surface area (Å²) >= 11 is 7.17. The average Bonchev–Trinajstić information content (AvgIpc) is 3.28. The van der Waals surface area contributed by atoms with Gasteiger partial charge in [0.2, 0.25) is 0 Å². The van der Waals surface area contributed by atoms with Crippen molar-refractivity contribution in [3.8, 4) is 17.2 Å². The van der Waals surface area contributed by atoms with Crippen molar-refractivity contribution in [1.29, 1.82) is 0 Å². The second-order valence-corrected chi connectivity index (χ2v) is 6.81. The number of halogens is 1. The third kappa shape index (κ3) is 3.29.